The maximum atomic E-state index is 12.5. The Balaban J connectivity index is 1.99. The topological polar surface area (TPSA) is 44.4 Å². The second kappa shape index (κ2) is 8.15. The number of nitrogens with one attached hydrogen (secondary N) is 2. The van der Waals surface area contributed by atoms with Crippen molar-refractivity contribution >= 4 is 11.6 Å². The Morgan fingerprint density at radius 1 is 1.43 bits per heavy atom. The van der Waals surface area contributed by atoms with E-state index in [2.05, 4.69) is 22.5 Å². The molecule has 21 heavy (non-hydrogen) atoms. The molecule has 116 valence electrons. The van der Waals surface area contributed by atoms with Crippen molar-refractivity contribution in [2.24, 2.45) is 0 Å². The van der Waals surface area contributed by atoms with Crippen LogP contribution < -0.4 is 10.6 Å². The van der Waals surface area contributed by atoms with E-state index in [9.17, 15) is 4.79 Å². The predicted octanol–water partition coefficient (Wildman–Crippen LogP) is 2.48. The van der Waals surface area contributed by atoms with Crippen molar-refractivity contribution in [1.82, 2.24) is 10.2 Å². The van der Waals surface area contributed by atoms with Crippen molar-refractivity contribution in [2.75, 3.05) is 25.0 Å². The van der Waals surface area contributed by atoms with Gasteiger partial charge in [-0.15, -0.1) is 0 Å². The van der Waals surface area contributed by atoms with E-state index >= 15 is 0 Å². The first kappa shape index (κ1) is 16.0. The lowest BCUT2D eigenvalue weighted by Crippen LogP contribution is -2.53. The monoisotopic (exact) mass is 289 g/mol. The second-order valence-electron chi connectivity index (χ2n) is 5.77. The first-order valence-electron chi connectivity index (χ1n) is 8.04. The van der Waals surface area contributed by atoms with Crippen LogP contribution in [0.25, 0.3) is 0 Å². The molecule has 0 aliphatic carbocycles. The number of nitrogens with zero attached hydrogens (tertiary/aromatic N) is 1. The first-order chi connectivity index (χ1) is 10.2. The minimum Gasteiger partial charge on any atom is -0.325 e. The molecule has 1 heterocycles. The summed E-state index contributed by atoms with van der Waals surface area (Å²) in [6.45, 7) is 7.24. The Bertz CT molecular complexity index is 429. The SMILES string of the molecule is CCCN(C1CCCNC1)C(C)C(=O)Nc1ccccc1. The molecule has 1 saturated heterocycles. The van der Waals surface area contributed by atoms with Crippen LogP contribution in [-0.4, -0.2) is 42.5 Å². The Hall–Kier alpha value is -1.39. The number of benzene rings is 1. The molecule has 0 radical (unpaired) electrons. The number of anilines is 1. The van der Waals surface area contributed by atoms with Gasteiger partial charge in [-0.1, -0.05) is 25.1 Å². The van der Waals surface area contributed by atoms with E-state index in [4.69, 9.17) is 0 Å². The maximum absolute atomic E-state index is 12.5. The minimum absolute atomic E-state index is 0.0835. The highest BCUT2D eigenvalue weighted by molar-refractivity contribution is 5.94. The van der Waals surface area contributed by atoms with Crippen LogP contribution >= 0.6 is 0 Å². The van der Waals surface area contributed by atoms with E-state index in [0.717, 1.165) is 31.7 Å². The third-order valence-corrected chi connectivity index (χ3v) is 4.14. The van der Waals surface area contributed by atoms with Gasteiger partial charge in [0.2, 0.25) is 5.91 Å². The van der Waals surface area contributed by atoms with E-state index in [0.29, 0.717) is 6.04 Å². The maximum Gasteiger partial charge on any atom is 0.241 e. The zero-order valence-corrected chi connectivity index (χ0v) is 13.1. The molecule has 1 amide bonds. The molecule has 1 fully saturated rings. The molecule has 0 bridgehead atoms. The molecule has 1 aromatic rings. The molecule has 2 rings (SSSR count). The molecule has 1 aliphatic heterocycles. The van der Waals surface area contributed by atoms with Crippen molar-refractivity contribution in [3.05, 3.63) is 30.3 Å². The number of hydrogen-bond acceptors (Lipinski definition) is 3. The molecule has 2 unspecified atom stereocenters. The van der Waals surface area contributed by atoms with Crippen LogP contribution in [0.1, 0.15) is 33.1 Å². The van der Waals surface area contributed by atoms with Crippen LogP contribution in [0, 0.1) is 0 Å². The van der Waals surface area contributed by atoms with Crippen LogP contribution in [0.4, 0.5) is 5.69 Å². The normalized spacial score (nSPS) is 20.2. The van der Waals surface area contributed by atoms with Gasteiger partial charge >= 0.3 is 0 Å². The zero-order valence-electron chi connectivity index (χ0n) is 13.1. The summed E-state index contributed by atoms with van der Waals surface area (Å²) in [7, 11) is 0. The number of para-hydroxylation sites is 1. The second-order valence-corrected chi connectivity index (χ2v) is 5.77. The van der Waals surface area contributed by atoms with Crippen molar-refractivity contribution in [2.45, 2.75) is 45.2 Å². The Morgan fingerprint density at radius 2 is 2.19 bits per heavy atom. The van der Waals surface area contributed by atoms with Gasteiger partial charge in [-0.3, -0.25) is 9.69 Å². The molecule has 0 saturated carbocycles. The quantitative estimate of drug-likeness (QED) is 0.845. The summed E-state index contributed by atoms with van der Waals surface area (Å²) in [5, 5.41) is 6.46. The highest BCUT2D eigenvalue weighted by atomic mass is 16.2. The highest BCUT2D eigenvalue weighted by Crippen LogP contribution is 2.16. The molecule has 1 aromatic carbocycles. The van der Waals surface area contributed by atoms with Gasteiger partial charge in [0.05, 0.1) is 6.04 Å². The van der Waals surface area contributed by atoms with Crippen LogP contribution in [-0.2, 0) is 4.79 Å². The molecule has 0 aromatic heterocycles. The smallest absolute Gasteiger partial charge is 0.241 e. The summed E-state index contributed by atoms with van der Waals surface area (Å²) in [4.78, 5) is 14.8. The van der Waals surface area contributed by atoms with E-state index < -0.39 is 0 Å². The highest BCUT2D eigenvalue weighted by Gasteiger charge is 2.28. The minimum atomic E-state index is -0.102. The third-order valence-electron chi connectivity index (χ3n) is 4.14. The first-order valence-corrected chi connectivity index (χ1v) is 8.04. The van der Waals surface area contributed by atoms with Crippen molar-refractivity contribution in [3.8, 4) is 0 Å². The van der Waals surface area contributed by atoms with Gasteiger partial charge in [0, 0.05) is 18.3 Å². The fourth-order valence-corrected chi connectivity index (χ4v) is 2.99. The summed E-state index contributed by atoms with van der Waals surface area (Å²) in [6.07, 6.45) is 3.44. The lowest BCUT2D eigenvalue weighted by molar-refractivity contribution is -0.121. The zero-order chi connectivity index (χ0) is 15.1. The predicted molar refractivity (Wildman–Crippen MR) is 87.4 cm³/mol. The van der Waals surface area contributed by atoms with E-state index in [-0.39, 0.29) is 11.9 Å². The summed E-state index contributed by atoms with van der Waals surface area (Å²) in [5.41, 5.74) is 0.868. The average molecular weight is 289 g/mol. The van der Waals surface area contributed by atoms with Gasteiger partial charge in [0.1, 0.15) is 0 Å². The molecule has 1 aliphatic rings. The Kier molecular flexibility index (Phi) is 6.21. The molecule has 4 nitrogen and oxygen atoms in total. The van der Waals surface area contributed by atoms with Crippen molar-refractivity contribution in [3.63, 3.8) is 0 Å². The number of rotatable bonds is 6. The van der Waals surface area contributed by atoms with Crippen molar-refractivity contribution in [1.29, 1.82) is 0 Å². The molecular formula is C17H27N3O. The Morgan fingerprint density at radius 3 is 2.81 bits per heavy atom. The Labute approximate surface area is 127 Å². The van der Waals surface area contributed by atoms with Gasteiger partial charge in [0.15, 0.2) is 0 Å². The molecule has 0 spiro atoms. The van der Waals surface area contributed by atoms with E-state index in [1.54, 1.807) is 0 Å². The summed E-state index contributed by atoms with van der Waals surface area (Å²) in [6, 6.07) is 10.1. The van der Waals surface area contributed by atoms with Gasteiger partial charge in [-0.25, -0.2) is 0 Å². The lowest BCUT2D eigenvalue weighted by atomic mass is 10.0. The summed E-state index contributed by atoms with van der Waals surface area (Å²) in [5.74, 6) is 0.0835. The van der Waals surface area contributed by atoms with Gasteiger partial charge in [-0.05, 0) is 51.4 Å². The number of carbonyl (C=O) groups is 1. The fourth-order valence-electron chi connectivity index (χ4n) is 2.99. The van der Waals surface area contributed by atoms with E-state index in [1.807, 2.05) is 37.3 Å². The third kappa shape index (κ3) is 4.55. The summed E-state index contributed by atoms with van der Waals surface area (Å²) < 4.78 is 0. The van der Waals surface area contributed by atoms with Gasteiger partial charge in [0.25, 0.3) is 0 Å². The van der Waals surface area contributed by atoms with Crippen LogP contribution in [0.3, 0.4) is 0 Å². The average Bonchev–Trinajstić information content (AvgIpc) is 2.53. The largest absolute Gasteiger partial charge is 0.325 e. The van der Waals surface area contributed by atoms with Gasteiger partial charge in [-0.2, -0.15) is 0 Å². The number of piperidine rings is 1. The van der Waals surface area contributed by atoms with Crippen LogP contribution in [0.15, 0.2) is 30.3 Å². The lowest BCUT2D eigenvalue weighted by Gasteiger charge is -2.38. The van der Waals surface area contributed by atoms with Crippen LogP contribution in [0.2, 0.25) is 0 Å². The molecule has 4 heteroatoms. The molecule has 2 N–H and O–H groups in total. The molecule has 2 atom stereocenters. The summed E-state index contributed by atoms with van der Waals surface area (Å²) >= 11 is 0. The van der Waals surface area contributed by atoms with Gasteiger partial charge < -0.3 is 10.6 Å². The number of carbonyl (C=O) groups excluding carboxylic acids is 1. The van der Waals surface area contributed by atoms with Crippen molar-refractivity contribution < 1.29 is 4.79 Å². The van der Waals surface area contributed by atoms with E-state index in [1.165, 1.54) is 12.8 Å². The number of hydrogen-bond donors (Lipinski definition) is 2. The number of amides is 1. The van der Waals surface area contributed by atoms with Crippen LogP contribution in [0.5, 0.6) is 0 Å². The molecular weight excluding hydrogens is 262 g/mol. The standard InChI is InChI=1S/C17H27N3O/c1-3-12-20(16-10-7-11-18-13-16)14(2)17(21)19-15-8-5-4-6-9-15/h4-6,8-9,14,16,18H,3,7,10-13H2,1-2H3,(H,19,21). The fraction of sp³-hybridized carbons (Fsp3) is 0.588.